The molecule has 0 bridgehead atoms. The molecule has 13 nitrogen and oxygen atoms in total. The van der Waals surface area contributed by atoms with Crippen molar-refractivity contribution in [2.75, 3.05) is 18.4 Å². The fraction of sp³-hybridized carbons (Fsp3) is 0.372. The number of carbonyl (C=O) groups excluding carboxylic acids is 3. The van der Waals surface area contributed by atoms with Gasteiger partial charge in [-0.3, -0.25) is 19.7 Å². The van der Waals surface area contributed by atoms with Crippen molar-refractivity contribution in [2.24, 2.45) is 0 Å². The fourth-order valence-electron chi connectivity index (χ4n) is 7.87. The van der Waals surface area contributed by atoms with Gasteiger partial charge in [-0.2, -0.15) is 4.98 Å². The van der Waals surface area contributed by atoms with Crippen LogP contribution in [0.3, 0.4) is 0 Å². The van der Waals surface area contributed by atoms with Gasteiger partial charge < -0.3 is 25.5 Å². The molecule has 3 amide bonds. The monoisotopic (exact) mass is 753 g/mol. The van der Waals surface area contributed by atoms with Crippen molar-refractivity contribution < 1.29 is 18.9 Å². The minimum Gasteiger partial charge on any atom is -0.384 e. The third-order valence-corrected chi connectivity index (χ3v) is 11.1. The minimum absolute atomic E-state index is 0.0497. The topological polar surface area (TPSA) is 180 Å². The number of rotatable bonds is 11. The molecule has 3 aromatic carbocycles. The van der Waals surface area contributed by atoms with Crippen molar-refractivity contribution in [2.45, 2.75) is 89.6 Å². The van der Waals surface area contributed by atoms with Crippen molar-refractivity contribution in [3.63, 3.8) is 0 Å². The number of H-pyrrole nitrogens is 1. The quantitative estimate of drug-likeness (QED) is 0.0704. The molecule has 6 aromatic rings. The van der Waals surface area contributed by atoms with Crippen LogP contribution in [0.15, 0.2) is 71.5 Å². The molecule has 2 aliphatic rings. The van der Waals surface area contributed by atoms with Gasteiger partial charge in [-0.15, -0.1) is 0 Å². The second-order valence-electron chi connectivity index (χ2n) is 16.2. The maximum Gasteiger partial charge on any atom is 0.315 e. The Hall–Kier alpha value is -5.95. The van der Waals surface area contributed by atoms with E-state index in [1.807, 2.05) is 58.9 Å². The van der Waals surface area contributed by atoms with Gasteiger partial charge in [0.2, 0.25) is 11.8 Å². The molecule has 5 N–H and O–H groups in total. The summed E-state index contributed by atoms with van der Waals surface area (Å²) in [5.41, 5.74) is 8.51. The van der Waals surface area contributed by atoms with E-state index < -0.39 is 5.91 Å². The second-order valence-corrected chi connectivity index (χ2v) is 16.2. The lowest BCUT2D eigenvalue weighted by atomic mass is 9.75. The SMILES string of the molecule is Cc1cc(-c2ncnc3[nH]c4cc(NCCNC5CC(c6ccc(C7CCC(=O)NC7=O)cc6)C5)ccc4c23)ccc1[C@@H](C)NC(=O)c1nc(C(C)(C)C)no1. The number of aromatic nitrogens is 5. The van der Waals surface area contributed by atoms with E-state index in [0.29, 0.717) is 30.6 Å². The third-order valence-electron chi connectivity index (χ3n) is 11.1. The Kier molecular flexibility index (Phi) is 9.87. The summed E-state index contributed by atoms with van der Waals surface area (Å²) in [5, 5.41) is 18.7. The number of benzene rings is 3. The Morgan fingerprint density at radius 3 is 2.50 bits per heavy atom. The van der Waals surface area contributed by atoms with E-state index >= 15 is 0 Å². The summed E-state index contributed by atoms with van der Waals surface area (Å²) >= 11 is 0. The van der Waals surface area contributed by atoms with Crippen molar-refractivity contribution >= 4 is 45.3 Å². The Bertz CT molecular complexity index is 2440. The average Bonchev–Trinajstić information content (AvgIpc) is 3.80. The van der Waals surface area contributed by atoms with Gasteiger partial charge in [0.15, 0.2) is 5.82 Å². The van der Waals surface area contributed by atoms with Gasteiger partial charge in [-0.1, -0.05) is 68.4 Å². The number of imide groups is 1. The van der Waals surface area contributed by atoms with Crippen LogP contribution in [0.25, 0.3) is 33.2 Å². The number of hydrogen-bond acceptors (Lipinski definition) is 10. The van der Waals surface area contributed by atoms with Gasteiger partial charge in [0.1, 0.15) is 12.0 Å². The van der Waals surface area contributed by atoms with Gasteiger partial charge >= 0.3 is 11.8 Å². The van der Waals surface area contributed by atoms with Crippen molar-refractivity contribution in [3.05, 3.63) is 101 Å². The van der Waals surface area contributed by atoms with E-state index in [1.165, 1.54) is 5.56 Å². The van der Waals surface area contributed by atoms with Crippen LogP contribution in [0.1, 0.15) is 110 Å². The highest BCUT2D eigenvalue weighted by Crippen LogP contribution is 2.38. The number of nitrogens with zero attached hydrogens (tertiary/aromatic N) is 4. The molecule has 13 heteroatoms. The van der Waals surface area contributed by atoms with Crippen molar-refractivity contribution in [1.29, 1.82) is 0 Å². The third kappa shape index (κ3) is 7.51. The van der Waals surface area contributed by atoms with E-state index in [1.54, 1.807) is 6.33 Å². The van der Waals surface area contributed by atoms with E-state index in [2.05, 4.69) is 77.8 Å². The summed E-state index contributed by atoms with van der Waals surface area (Å²) in [6.45, 7) is 11.5. The van der Waals surface area contributed by atoms with Crippen LogP contribution >= 0.6 is 0 Å². The zero-order chi connectivity index (χ0) is 39.1. The molecule has 2 fully saturated rings. The van der Waals surface area contributed by atoms with Crippen LogP contribution in [0.4, 0.5) is 5.69 Å². The van der Waals surface area contributed by atoms with Gasteiger partial charge in [0.05, 0.1) is 23.0 Å². The Morgan fingerprint density at radius 2 is 1.77 bits per heavy atom. The first kappa shape index (κ1) is 37.0. The van der Waals surface area contributed by atoms with Crippen LogP contribution in [0.2, 0.25) is 0 Å². The first-order valence-electron chi connectivity index (χ1n) is 19.3. The van der Waals surface area contributed by atoms with Gasteiger partial charge in [-0.05, 0) is 79.5 Å². The molecule has 1 saturated carbocycles. The molecule has 1 aliphatic carbocycles. The van der Waals surface area contributed by atoms with E-state index in [9.17, 15) is 14.4 Å². The first-order chi connectivity index (χ1) is 26.9. The highest BCUT2D eigenvalue weighted by Gasteiger charge is 2.31. The van der Waals surface area contributed by atoms with E-state index in [0.717, 1.165) is 81.5 Å². The lowest BCUT2D eigenvalue weighted by molar-refractivity contribution is -0.134. The van der Waals surface area contributed by atoms with Crippen LogP contribution in [0, 0.1) is 6.92 Å². The molecule has 4 heterocycles. The molecule has 0 radical (unpaired) electrons. The lowest BCUT2D eigenvalue weighted by Gasteiger charge is -2.36. The first-order valence-corrected chi connectivity index (χ1v) is 19.3. The fourth-order valence-corrected chi connectivity index (χ4v) is 7.87. The zero-order valence-electron chi connectivity index (χ0n) is 32.3. The Balaban J connectivity index is 0.857. The minimum atomic E-state index is -0.411. The molecule has 1 unspecified atom stereocenters. The molecule has 8 rings (SSSR count). The predicted molar refractivity (Wildman–Crippen MR) is 214 cm³/mol. The standard InChI is InChI=1S/C43H47N9O4/c1-23-18-27(10-12-31(23)24(2)48-40(55)41-51-42(52-56-41)43(3,4)5)37-36-33-13-11-29(21-34(33)49-38(36)47-22-46-37)44-16-17-45-30-19-28(20-30)25-6-8-26(9-7-25)32-14-15-35(53)50-39(32)54/h6-13,18,21-22,24,28,30,32,44-45H,14-17,19-20H2,1-5H3,(H,48,55)(H,46,47,49)(H,50,53,54)/t24-,28?,30?,32?/m1/s1. The van der Waals surface area contributed by atoms with Gasteiger partial charge in [0, 0.05) is 53.1 Å². The number of aromatic amines is 1. The smallest absolute Gasteiger partial charge is 0.315 e. The van der Waals surface area contributed by atoms with E-state index in [-0.39, 0.29) is 35.1 Å². The van der Waals surface area contributed by atoms with Crippen LogP contribution in [-0.4, -0.2) is 61.9 Å². The second kappa shape index (κ2) is 14.9. The molecule has 3 aromatic heterocycles. The summed E-state index contributed by atoms with van der Waals surface area (Å²) in [7, 11) is 0. The summed E-state index contributed by atoms with van der Waals surface area (Å²) in [4.78, 5) is 53.7. The van der Waals surface area contributed by atoms with Crippen LogP contribution < -0.4 is 21.3 Å². The molecule has 1 saturated heterocycles. The molecule has 1 aliphatic heterocycles. The largest absolute Gasteiger partial charge is 0.384 e. The van der Waals surface area contributed by atoms with Gasteiger partial charge in [-0.25, -0.2) is 9.97 Å². The molecule has 0 spiro atoms. The maximum absolute atomic E-state index is 12.9. The predicted octanol–water partition coefficient (Wildman–Crippen LogP) is 6.73. The number of nitrogens with one attached hydrogen (secondary N) is 5. The van der Waals surface area contributed by atoms with Crippen molar-refractivity contribution in [3.8, 4) is 11.3 Å². The Labute approximate surface area is 324 Å². The molecule has 2 atom stereocenters. The number of aryl methyl sites for hydroxylation is 1. The van der Waals surface area contributed by atoms with Crippen molar-refractivity contribution in [1.82, 2.24) is 41.0 Å². The number of hydrogen-bond donors (Lipinski definition) is 5. The average molecular weight is 754 g/mol. The number of amides is 3. The molecular weight excluding hydrogens is 707 g/mol. The summed E-state index contributed by atoms with van der Waals surface area (Å²) in [5.74, 6) is -0.0816. The van der Waals surface area contributed by atoms with E-state index in [4.69, 9.17) is 9.51 Å². The number of fused-ring (bicyclic) bond motifs is 3. The zero-order valence-corrected chi connectivity index (χ0v) is 32.3. The number of carbonyl (C=O) groups is 3. The highest BCUT2D eigenvalue weighted by atomic mass is 16.5. The lowest BCUT2D eigenvalue weighted by Crippen LogP contribution is -2.42. The summed E-state index contributed by atoms with van der Waals surface area (Å²) in [6.07, 6.45) is 4.72. The summed E-state index contributed by atoms with van der Waals surface area (Å²) in [6, 6.07) is 21.0. The molecule has 288 valence electrons. The van der Waals surface area contributed by atoms with Crippen LogP contribution in [0.5, 0.6) is 0 Å². The van der Waals surface area contributed by atoms with Gasteiger partial charge in [0.25, 0.3) is 0 Å². The number of piperidine rings is 1. The van der Waals surface area contributed by atoms with Crippen LogP contribution in [-0.2, 0) is 15.0 Å². The molecule has 56 heavy (non-hydrogen) atoms. The molecular formula is C43H47N9O4. The Morgan fingerprint density at radius 1 is 0.982 bits per heavy atom. The highest BCUT2D eigenvalue weighted by molar-refractivity contribution is 6.12. The maximum atomic E-state index is 12.9. The normalized spacial score (nSPS) is 19.1. The number of anilines is 1. The summed E-state index contributed by atoms with van der Waals surface area (Å²) < 4.78 is 5.24.